The van der Waals surface area contributed by atoms with Gasteiger partial charge in [0, 0.05) is 17.2 Å². The van der Waals surface area contributed by atoms with Crippen molar-refractivity contribution in [1.82, 2.24) is 9.97 Å². The van der Waals surface area contributed by atoms with E-state index in [2.05, 4.69) is 14.7 Å². The van der Waals surface area contributed by atoms with Gasteiger partial charge in [-0.1, -0.05) is 24.4 Å². The van der Waals surface area contributed by atoms with Crippen molar-refractivity contribution in [2.24, 2.45) is 0 Å². The number of halogens is 3. The van der Waals surface area contributed by atoms with Crippen molar-refractivity contribution in [3.05, 3.63) is 40.8 Å². The molecule has 0 unspecified atom stereocenters. The second kappa shape index (κ2) is 5.14. The smallest absolute Gasteiger partial charge is 0.406 e. The van der Waals surface area contributed by atoms with Crippen LogP contribution in [0.2, 0.25) is 0 Å². The Morgan fingerprint density at radius 1 is 1.24 bits per heavy atom. The van der Waals surface area contributed by atoms with Crippen LogP contribution >= 0.6 is 12.2 Å². The van der Waals surface area contributed by atoms with E-state index in [9.17, 15) is 13.2 Å². The molecule has 0 spiro atoms. The molecule has 0 saturated heterocycles. The number of alkyl halides is 3. The van der Waals surface area contributed by atoms with E-state index in [0.717, 1.165) is 18.7 Å². The first-order chi connectivity index (χ1) is 9.90. The zero-order valence-corrected chi connectivity index (χ0v) is 11.6. The van der Waals surface area contributed by atoms with Gasteiger partial charge >= 0.3 is 6.36 Å². The number of rotatable bonds is 3. The third kappa shape index (κ3) is 3.60. The number of nitrogens with one attached hydrogen (secondary N) is 1. The van der Waals surface area contributed by atoms with Crippen molar-refractivity contribution in [2.45, 2.75) is 25.1 Å². The molecule has 21 heavy (non-hydrogen) atoms. The van der Waals surface area contributed by atoms with Crippen LogP contribution in [0, 0.1) is 4.64 Å². The minimum Gasteiger partial charge on any atom is -0.406 e. The minimum atomic E-state index is -4.71. The summed E-state index contributed by atoms with van der Waals surface area (Å²) in [5, 5.41) is 0. The molecule has 0 amide bonds. The van der Waals surface area contributed by atoms with E-state index < -0.39 is 6.36 Å². The van der Waals surface area contributed by atoms with Gasteiger partial charge < -0.3 is 9.72 Å². The highest BCUT2D eigenvalue weighted by Gasteiger charge is 2.31. The standard InChI is InChI=1S/C14H11F3N2OS/c15-14(16,17)20-10-3-1-2-9(6-10)11-7-12(21)19-13(18-11)8-4-5-8/h1-3,6-8H,4-5H2,(H,18,19,21). The van der Waals surface area contributed by atoms with E-state index in [1.165, 1.54) is 18.2 Å². The maximum atomic E-state index is 12.3. The third-order valence-corrected chi connectivity index (χ3v) is 3.31. The Labute approximate surface area is 123 Å². The van der Waals surface area contributed by atoms with E-state index in [4.69, 9.17) is 12.2 Å². The zero-order valence-electron chi connectivity index (χ0n) is 10.8. The van der Waals surface area contributed by atoms with Gasteiger partial charge in [-0.15, -0.1) is 13.2 Å². The lowest BCUT2D eigenvalue weighted by atomic mass is 10.1. The Hall–Kier alpha value is -1.89. The van der Waals surface area contributed by atoms with Gasteiger partial charge in [0.05, 0.1) is 0 Å². The number of nitrogens with zero attached hydrogens (tertiary/aromatic N) is 1. The SMILES string of the molecule is FC(F)(F)Oc1cccc(-c2cc(=S)nc(C3CC3)[nH]2)c1. The maximum absolute atomic E-state index is 12.3. The molecular weight excluding hydrogens is 301 g/mol. The fourth-order valence-electron chi connectivity index (χ4n) is 2.04. The molecule has 1 saturated carbocycles. The second-order valence-corrected chi connectivity index (χ2v) is 5.29. The van der Waals surface area contributed by atoms with Crippen molar-refractivity contribution in [2.75, 3.05) is 0 Å². The van der Waals surface area contributed by atoms with Crippen LogP contribution in [-0.2, 0) is 0 Å². The molecule has 7 heteroatoms. The average Bonchev–Trinajstić information content (AvgIpc) is 3.20. The summed E-state index contributed by atoms with van der Waals surface area (Å²) in [6, 6.07) is 7.41. The number of ether oxygens (including phenoxy) is 1. The van der Waals surface area contributed by atoms with Crippen molar-refractivity contribution in [3.8, 4) is 17.0 Å². The fourth-order valence-corrected chi connectivity index (χ4v) is 2.26. The van der Waals surface area contributed by atoms with Crippen LogP contribution in [0.1, 0.15) is 24.6 Å². The Bertz CT molecular complexity index is 723. The molecule has 1 aliphatic carbocycles. The molecule has 3 nitrogen and oxygen atoms in total. The van der Waals surface area contributed by atoms with Crippen LogP contribution in [0.25, 0.3) is 11.3 Å². The lowest BCUT2D eigenvalue weighted by molar-refractivity contribution is -0.274. The molecule has 1 fully saturated rings. The minimum absolute atomic E-state index is 0.260. The number of H-pyrrole nitrogens is 1. The number of hydrogen-bond donors (Lipinski definition) is 1. The molecule has 1 aliphatic rings. The molecule has 0 bridgehead atoms. The third-order valence-electron chi connectivity index (χ3n) is 3.10. The maximum Gasteiger partial charge on any atom is 0.573 e. The first-order valence-electron chi connectivity index (χ1n) is 6.38. The highest BCUT2D eigenvalue weighted by atomic mass is 32.1. The molecule has 0 atom stereocenters. The summed E-state index contributed by atoms with van der Waals surface area (Å²) >= 11 is 5.11. The molecule has 1 heterocycles. The predicted octanol–water partition coefficient (Wildman–Crippen LogP) is 4.58. The van der Waals surface area contributed by atoms with Crippen LogP contribution in [0.4, 0.5) is 13.2 Å². The van der Waals surface area contributed by atoms with E-state index in [-0.39, 0.29) is 5.75 Å². The molecule has 0 aliphatic heterocycles. The molecule has 3 rings (SSSR count). The molecule has 2 aromatic rings. The van der Waals surface area contributed by atoms with Gasteiger partial charge in [0.25, 0.3) is 0 Å². The van der Waals surface area contributed by atoms with Gasteiger partial charge in [-0.25, -0.2) is 4.98 Å². The Morgan fingerprint density at radius 2 is 2.00 bits per heavy atom. The summed E-state index contributed by atoms with van der Waals surface area (Å²) in [4.78, 5) is 7.39. The van der Waals surface area contributed by atoms with Crippen molar-refractivity contribution < 1.29 is 17.9 Å². The van der Waals surface area contributed by atoms with Gasteiger partial charge in [-0.3, -0.25) is 0 Å². The van der Waals surface area contributed by atoms with Gasteiger partial charge in [0.1, 0.15) is 16.2 Å². The molecule has 110 valence electrons. The lowest BCUT2D eigenvalue weighted by Crippen LogP contribution is -2.17. The van der Waals surface area contributed by atoms with Crippen LogP contribution in [0.5, 0.6) is 5.75 Å². The molecule has 1 N–H and O–H groups in total. The van der Waals surface area contributed by atoms with Gasteiger partial charge in [0.15, 0.2) is 0 Å². The van der Waals surface area contributed by atoms with Crippen molar-refractivity contribution >= 4 is 12.2 Å². The summed E-state index contributed by atoms with van der Waals surface area (Å²) in [5.74, 6) is 0.907. The quantitative estimate of drug-likeness (QED) is 0.843. The molecule has 1 aromatic heterocycles. The predicted molar refractivity (Wildman–Crippen MR) is 73.5 cm³/mol. The zero-order chi connectivity index (χ0) is 15.0. The lowest BCUT2D eigenvalue weighted by Gasteiger charge is -2.10. The number of benzene rings is 1. The Kier molecular flexibility index (Phi) is 3.44. The summed E-state index contributed by atoms with van der Waals surface area (Å²) in [6.45, 7) is 0. The summed E-state index contributed by atoms with van der Waals surface area (Å²) in [6.07, 6.45) is -2.60. The van der Waals surface area contributed by atoms with Gasteiger partial charge in [0.2, 0.25) is 0 Å². The van der Waals surface area contributed by atoms with Gasteiger partial charge in [-0.05, 0) is 31.0 Å². The summed E-state index contributed by atoms with van der Waals surface area (Å²) in [5.41, 5.74) is 1.22. The number of hydrogen-bond acceptors (Lipinski definition) is 3. The monoisotopic (exact) mass is 312 g/mol. The fraction of sp³-hybridized carbons (Fsp3) is 0.286. The van der Waals surface area contributed by atoms with Crippen molar-refractivity contribution in [3.63, 3.8) is 0 Å². The first kappa shape index (κ1) is 14.1. The first-order valence-corrected chi connectivity index (χ1v) is 6.79. The van der Waals surface area contributed by atoms with E-state index in [0.29, 0.717) is 21.8 Å². The molecule has 0 radical (unpaired) electrons. The molecule has 1 aromatic carbocycles. The van der Waals surface area contributed by atoms with Crippen LogP contribution in [0.3, 0.4) is 0 Å². The number of aromatic amines is 1. The van der Waals surface area contributed by atoms with Crippen LogP contribution in [0.15, 0.2) is 30.3 Å². The Balaban J connectivity index is 1.96. The van der Waals surface area contributed by atoms with E-state index in [1.807, 2.05) is 0 Å². The second-order valence-electron chi connectivity index (χ2n) is 4.87. The van der Waals surface area contributed by atoms with Crippen LogP contribution in [-0.4, -0.2) is 16.3 Å². The van der Waals surface area contributed by atoms with Crippen LogP contribution < -0.4 is 4.74 Å². The van der Waals surface area contributed by atoms with Crippen molar-refractivity contribution in [1.29, 1.82) is 0 Å². The topological polar surface area (TPSA) is 37.9 Å². The van der Waals surface area contributed by atoms with E-state index in [1.54, 1.807) is 12.1 Å². The summed E-state index contributed by atoms with van der Waals surface area (Å²) in [7, 11) is 0. The normalized spacial score (nSPS) is 15.0. The largest absolute Gasteiger partial charge is 0.573 e. The average molecular weight is 312 g/mol. The summed E-state index contributed by atoms with van der Waals surface area (Å²) < 4.78 is 41.1. The number of aromatic nitrogens is 2. The van der Waals surface area contributed by atoms with Gasteiger partial charge in [-0.2, -0.15) is 0 Å². The highest BCUT2D eigenvalue weighted by Crippen LogP contribution is 2.38. The highest BCUT2D eigenvalue weighted by molar-refractivity contribution is 7.71. The Morgan fingerprint density at radius 3 is 2.67 bits per heavy atom. The molecular formula is C14H11F3N2OS. The van der Waals surface area contributed by atoms with E-state index >= 15 is 0 Å².